The quantitative estimate of drug-likeness (QED) is 0.516. The molecule has 0 bridgehead atoms. The van der Waals surface area contributed by atoms with Crippen LogP contribution in [0.3, 0.4) is 0 Å². The van der Waals surface area contributed by atoms with E-state index in [1.165, 1.54) is 28.8 Å². The van der Waals surface area contributed by atoms with Crippen molar-refractivity contribution >= 4 is 50.7 Å². The first-order chi connectivity index (χ1) is 11.8. The summed E-state index contributed by atoms with van der Waals surface area (Å²) in [4.78, 5) is 4.01. The van der Waals surface area contributed by atoms with E-state index in [4.69, 9.17) is 34.8 Å². The maximum Gasteiger partial charge on any atom is 0.208 e. The van der Waals surface area contributed by atoms with Crippen LogP contribution in [0.15, 0.2) is 41.0 Å². The van der Waals surface area contributed by atoms with Gasteiger partial charge in [-0.15, -0.1) is 0 Å². The summed E-state index contributed by atoms with van der Waals surface area (Å²) in [6.45, 7) is 0. The fourth-order valence-electron chi connectivity index (χ4n) is 2.40. The lowest BCUT2D eigenvalue weighted by Gasteiger charge is -2.18. The van der Waals surface area contributed by atoms with Crippen LogP contribution in [0.5, 0.6) is 0 Å². The summed E-state index contributed by atoms with van der Waals surface area (Å²) in [6.07, 6.45) is -1.36. The number of para-hydroxylation sites is 1. The van der Waals surface area contributed by atoms with Crippen molar-refractivity contribution in [3.63, 3.8) is 0 Å². The van der Waals surface area contributed by atoms with Crippen molar-refractivity contribution in [2.45, 2.75) is 6.10 Å². The number of aromatic nitrogens is 2. The van der Waals surface area contributed by atoms with E-state index in [1.807, 2.05) is 0 Å². The van der Waals surface area contributed by atoms with E-state index in [0.717, 1.165) is 12.1 Å². The van der Waals surface area contributed by atoms with Crippen LogP contribution in [-0.2, 0) is 0 Å². The molecule has 1 N–H and O–H groups in total. The summed E-state index contributed by atoms with van der Waals surface area (Å²) < 4.78 is 29.0. The highest BCUT2D eigenvalue weighted by Gasteiger charge is 2.27. The number of hydrogen-bond acceptors (Lipinski definition) is 2. The Morgan fingerprint density at radius 1 is 1.08 bits per heavy atom. The number of halogens is 6. The van der Waals surface area contributed by atoms with Gasteiger partial charge in [0.1, 0.15) is 28.0 Å². The van der Waals surface area contributed by atoms with E-state index in [1.54, 1.807) is 0 Å². The second-order valence-corrected chi connectivity index (χ2v) is 6.93. The lowest BCUT2D eigenvalue weighted by molar-refractivity contribution is 0.212. The van der Waals surface area contributed by atoms with Gasteiger partial charge < -0.3 is 5.11 Å². The summed E-state index contributed by atoms with van der Waals surface area (Å²) in [6, 6.07) is 7.65. The van der Waals surface area contributed by atoms with Crippen LogP contribution in [-0.4, -0.2) is 14.7 Å². The normalized spacial score (nSPS) is 12.4. The predicted octanol–water partition coefficient (Wildman–Crippen LogP) is 5.95. The SMILES string of the molecule is OC(c1ccc(F)cc1Cl)c1c(Br)nc(Cl)n1-c1c(F)cccc1Cl. The third kappa shape index (κ3) is 3.41. The molecule has 3 rings (SSSR count). The van der Waals surface area contributed by atoms with Gasteiger partial charge in [-0.25, -0.2) is 13.8 Å². The van der Waals surface area contributed by atoms with Crippen LogP contribution in [0.25, 0.3) is 5.69 Å². The number of aliphatic hydroxyl groups excluding tert-OH is 1. The zero-order chi connectivity index (χ0) is 18.3. The first-order valence-corrected chi connectivity index (χ1v) is 8.75. The summed E-state index contributed by atoms with van der Waals surface area (Å²) in [5.41, 5.74) is 0.235. The Bertz CT molecular complexity index is 945. The summed E-state index contributed by atoms with van der Waals surface area (Å²) >= 11 is 21.4. The van der Waals surface area contributed by atoms with E-state index in [-0.39, 0.29) is 36.9 Å². The maximum absolute atomic E-state index is 14.3. The molecular weight excluding hydrogens is 460 g/mol. The molecule has 3 aromatic rings. The average molecular weight is 469 g/mol. The summed E-state index contributed by atoms with van der Waals surface area (Å²) in [7, 11) is 0. The van der Waals surface area contributed by atoms with E-state index < -0.39 is 17.7 Å². The Hall–Kier alpha value is -1.18. The highest BCUT2D eigenvalue weighted by Crippen LogP contribution is 2.38. The van der Waals surface area contributed by atoms with Crippen molar-refractivity contribution in [1.82, 2.24) is 9.55 Å². The third-order valence-corrected chi connectivity index (χ3v) is 4.97. The lowest BCUT2D eigenvalue weighted by atomic mass is 10.1. The molecule has 0 spiro atoms. The highest BCUT2D eigenvalue weighted by atomic mass is 79.9. The Labute approximate surface area is 164 Å². The number of hydrogen-bond donors (Lipinski definition) is 1. The van der Waals surface area contributed by atoms with E-state index in [9.17, 15) is 13.9 Å². The van der Waals surface area contributed by atoms with Crippen molar-refractivity contribution in [2.75, 3.05) is 0 Å². The maximum atomic E-state index is 14.3. The first-order valence-electron chi connectivity index (χ1n) is 6.82. The number of imidazole rings is 1. The molecule has 0 aliphatic heterocycles. The van der Waals surface area contributed by atoms with Crippen LogP contribution < -0.4 is 0 Å². The highest BCUT2D eigenvalue weighted by molar-refractivity contribution is 9.10. The summed E-state index contributed by atoms with van der Waals surface area (Å²) in [5.74, 6) is -1.21. The Morgan fingerprint density at radius 3 is 2.44 bits per heavy atom. The number of nitrogens with zero attached hydrogens (tertiary/aromatic N) is 2. The van der Waals surface area contributed by atoms with E-state index in [2.05, 4.69) is 20.9 Å². The van der Waals surface area contributed by atoms with Gasteiger partial charge in [0.15, 0.2) is 0 Å². The zero-order valence-corrected chi connectivity index (χ0v) is 16.0. The summed E-state index contributed by atoms with van der Waals surface area (Å²) in [5, 5.41) is 10.7. The molecule has 130 valence electrons. The number of aliphatic hydroxyl groups is 1. The first kappa shape index (κ1) is 18.6. The van der Waals surface area contributed by atoms with Gasteiger partial charge in [-0.3, -0.25) is 4.57 Å². The third-order valence-electron chi connectivity index (χ3n) is 3.50. The molecule has 1 aromatic heterocycles. The van der Waals surface area contributed by atoms with Crippen molar-refractivity contribution in [2.24, 2.45) is 0 Å². The topological polar surface area (TPSA) is 38.1 Å². The standard InChI is InChI=1S/C16H8BrCl3F2N2O/c17-15-13(14(25)8-5-4-7(21)6-10(8)19)24(16(20)23-15)12-9(18)2-1-3-11(12)22/h1-6,14,25H. The van der Waals surface area contributed by atoms with Gasteiger partial charge in [0, 0.05) is 10.6 Å². The molecule has 9 heteroatoms. The van der Waals surface area contributed by atoms with Gasteiger partial charge in [-0.1, -0.05) is 35.3 Å². The Kier molecular flexibility index (Phi) is 5.37. The largest absolute Gasteiger partial charge is 0.382 e. The molecule has 0 fully saturated rings. The van der Waals surface area contributed by atoms with E-state index >= 15 is 0 Å². The molecule has 0 aliphatic rings. The predicted molar refractivity (Wildman–Crippen MR) is 96.7 cm³/mol. The smallest absolute Gasteiger partial charge is 0.208 e. The Morgan fingerprint density at radius 2 is 1.80 bits per heavy atom. The van der Waals surface area contributed by atoms with Crippen molar-refractivity contribution in [1.29, 1.82) is 0 Å². The van der Waals surface area contributed by atoms with Gasteiger partial charge in [-0.2, -0.15) is 0 Å². The van der Waals surface area contributed by atoms with Gasteiger partial charge in [0.2, 0.25) is 5.28 Å². The zero-order valence-electron chi connectivity index (χ0n) is 12.2. The molecule has 25 heavy (non-hydrogen) atoms. The van der Waals surface area contributed by atoms with Crippen LogP contribution >= 0.6 is 50.7 Å². The number of benzene rings is 2. The molecular formula is C16H8BrCl3F2N2O. The fraction of sp³-hybridized carbons (Fsp3) is 0.0625. The van der Waals surface area contributed by atoms with E-state index in [0.29, 0.717) is 0 Å². The molecule has 0 aliphatic carbocycles. The minimum atomic E-state index is -1.36. The minimum absolute atomic E-state index is 0.00269. The van der Waals surface area contributed by atoms with Crippen LogP contribution in [0.4, 0.5) is 8.78 Å². The fourth-order valence-corrected chi connectivity index (χ4v) is 3.84. The van der Waals surface area contributed by atoms with Crippen LogP contribution in [0.2, 0.25) is 15.3 Å². The van der Waals surface area contributed by atoms with Gasteiger partial charge in [-0.05, 0) is 51.8 Å². The molecule has 0 amide bonds. The minimum Gasteiger partial charge on any atom is -0.382 e. The van der Waals surface area contributed by atoms with Gasteiger partial charge in [0.05, 0.1) is 10.7 Å². The second kappa shape index (κ2) is 7.21. The van der Waals surface area contributed by atoms with Crippen molar-refractivity contribution in [3.8, 4) is 5.69 Å². The molecule has 2 aromatic carbocycles. The molecule has 1 heterocycles. The molecule has 3 nitrogen and oxygen atoms in total. The van der Waals surface area contributed by atoms with Crippen molar-refractivity contribution in [3.05, 3.63) is 79.2 Å². The van der Waals surface area contributed by atoms with Crippen molar-refractivity contribution < 1.29 is 13.9 Å². The monoisotopic (exact) mass is 466 g/mol. The molecule has 1 unspecified atom stereocenters. The molecule has 0 saturated carbocycles. The molecule has 0 radical (unpaired) electrons. The molecule has 1 atom stereocenters. The van der Waals surface area contributed by atoms with Crippen LogP contribution in [0, 0.1) is 11.6 Å². The average Bonchev–Trinajstić information content (AvgIpc) is 2.81. The van der Waals surface area contributed by atoms with Gasteiger partial charge in [0.25, 0.3) is 0 Å². The Balaban J connectivity index is 2.24. The van der Waals surface area contributed by atoms with Gasteiger partial charge >= 0.3 is 0 Å². The van der Waals surface area contributed by atoms with Crippen LogP contribution in [0.1, 0.15) is 17.4 Å². The lowest BCUT2D eigenvalue weighted by Crippen LogP contribution is -2.10. The number of rotatable bonds is 3. The second-order valence-electron chi connectivity index (χ2n) is 5.03. The molecule has 0 saturated heterocycles.